The second-order valence-electron chi connectivity index (χ2n) is 4.93. The Labute approximate surface area is 137 Å². The Morgan fingerprint density at radius 1 is 1.43 bits per heavy atom. The lowest BCUT2D eigenvalue weighted by molar-refractivity contribution is -0.138. The molecule has 1 aliphatic heterocycles. The Kier molecular flexibility index (Phi) is 4.38. The molecule has 23 heavy (non-hydrogen) atoms. The van der Waals surface area contributed by atoms with E-state index >= 15 is 0 Å². The number of thioether (sulfide) groups is 1. The van der Waals surface area contributed by atoms with Gasteiger partial charge in [-0.2, -0.15) is 0 Å². The number of ether oxygens (including phenoxy) is 1. The van der Waals surface area contributed by atoms with Crippen LogP contribution in [0.15, 0.2) is 42.5 Å². The van der Waals surface area contributed by atoms with E-state index in [2.05, 4.69) is 9.97 Å². The molecule has 1 N–H and O–H groups in total. The second-order valence-corrected chi connectivity index (χ2v) is 6.26. The van der Waals surface area contributed by atoms with Gasteiger partial charge in [0.25, 0.3) is 0 Å². The Morgan fingerprint density at radius 2 is 2.17 bits per heavy atom. The van der Waals surface area contributed by atoms with Crippen molar-refractivity contribution in [3.8, 4) is 0 Å². The molecule has 1 aromatic heterocycles. The fourth-order valence-corrected chi connectivity index (χ4v) is 3.69. The first kappa shape index (κ1) is 15.6. The van der Waals surface area contributed by atoms with E-state index in [0.29, 0.717) is 11.5 Å². The summed E-state index contributed by atoms with van der Waals surface area (Å²) in [6, 6.07) is 6.10. The molecule has 2 aromatic rings. The summed E-state index contributed by atoms with van der Waals surface area (Å²) >= 11 is 1.53. The third-order valence-electron chi connectivity index (χ3n) is 3.43. The molecule has 0 amide bonds. The number of hydrogen-bond acceptors (Lipinski definition) is 5. The molecule has 7 heteroatoms. The van der Waals surface area contributed by atoms with Crippen molar-refractivity contribution < 1.29 is 13.9 Å². The zero-order chi connectivity index (χ0) is 16.4. The Hall–Kier alpha value is -2.28. The molecule has 0 spiro atoms. The number of H-pyrrole nitrogens is 1. The largest absolute Gasteiger partial charge is 0.461 e. The van der Waals surface area contributed by atoms with E-state index in [-0.39, 0.29) is 17.8 Å². The van der Waals surface area contributed by atoms with Gasteiger partial charge in [0.15, 0.2) is 0 Å². The number of anilines is 1. The minimum atomic E-state index is -0.404. The van der Waals surface area contributed by atoms with Crippen molar-refractivity contribution in [2.75, 3.05) is 11.5 Å². The molecular formula is C16H16FN3O2S. The van der Waals surface area contributed by atoms with Gasteiger partial charge in [-0.15, -0.1) is 0 Å². The lowest BCUT2D eigenvalue weighted by Gasteiger charge is -2.23. The first-order valence-corrected chi connectivity index (χ1v) is 8.11. The van der Waals surface area contributed by atoms with Gasteiger partial charge in [-0.3, -0.25) is 0 Å². The molecule has 0 saturated carbocycles. The molecule has 1 unspecified atom stereocenters. The molecule has 2 heterocycles. The Balaban J connectivity index is 2.10. The maximum Gasteiger partial charge on any atom is 0.356 e. The second kappa shape index (κ2) is 6.45. The van der Waals surface area contributed by atoms with E-state index in [4.69, 9.17) is 4.74 Å². The maximum absolute atomic E-state index is 13.2. The number of hydrogen-bond donors (Lipinski definition) is 1. The summed E-state index contributed by atoms with van der Waals surface area (Å²) in [5.41, 5.74) is 1.23. The summed E-state index contributed by atoms with van der Waals surface area (Å²) < 4.78 is 18.4. The van der Waals surface area contributed by atoms with Crippen LogP contribution in [0.25, 0.3) is 4.91 Å². The van der Waals surface area contributed by atoms with E-state index < -0.39 is 5.97 Å². The van der Waals surface area contributed by atoms with Gasteiger partial charge in [0.1, 0.15) is 17.3 Å². The third-order valence-corrected chi connectivity index (χ3v) is 4.64. The molecule has 0 fully saturated rings. The van der Waals surface area contributed by atoms with Gasteiger partial charge in [-0.05, 0) is 31.5 Å². The molecule has 0 bridgehead atoms. The Morgan fingerprint density at radius 3 is 2.78 bits per heavy atom. The monoisotopic (exact) mass is 333 g/mol. The summed E-state index contributed by atoms with van der Waals surface area (Å²) in [6.45, 7) is 4.04. The number of aromatic nitrogens is 2. The number of nitrogens with zero attached hydrogens (tertiary/aromatic N) is 2. The third kappa shape index (κ3) is 2.96. The smallest absolute Gasteiger partial charge is 0.356 e. The zero-order valence-electron chi connectivity index (χ0n) is 12.7. The van der Waals surface area contributed by atoms with Crippen LogP contribution in [-0.2, 0) is 9.53 Å². The van der Waals surface area contributed by atoms with E-state index in [1.54, 1.807) is 31.6 Å². The highest BCUT2D eigenvalue weighted by molar-refractivity contribution is 8.09. The van der Waals surface area contributed by atoms with Crippen LogP contribution in [-0.4, -0.2) is 27.9 Å². The number of aromatic amines is 1. The van der Waals surface area contributed by atoms with E-state index in [9.17, 15) is 9.18 Å². The van der Waals surface area contributed by atoms with Crippen LogP contribution >= 0.6 is 11.8 Å². The van der Waals surface area contributed by atoms with E-state index in [1.165, 1.54) is 23.9 Å². The molecule has 0 aliphatic carbocycles. The predicted molar refractivity (Wildman–Crippen MR) is 88.1 cm³/mol. The molecule has 0 radical (unpaired) electrons. The van der Waals surface area contributed by atoms with Crippen molar-refractivity contribution in [2.24, 2.45) is 0 Å². The number of nitrogens with one attached hydrogen (secondary N) is 1. The van der Waals surface area contributed by atoms with Gasteiger partial charge < -0.3 is 14.6 Å². The molecule has 1 aromatic carbocycles. The molecule has 120 valence electrons. The number of carbonyl (C=O) groups excluding carboxylic acids is 1. The first-order valence-electron chi connectivity index (χ1n) is 7.23. The SMILES string of the molecule is CCOC(=O)C1=C(c2ccc(F)cc2)SC(C)N1c1cnc[nH]1. The number of benzene rings is 1. The van der Waals surface area contributed by atoms with Crippen molar-refractivity contribution in [1.82, 2.24) is 9.97 Å². The van der Waals surface area contributed by atoms with Crippen molar-refractivity contribution in [1.29, 1.82) is 0 Å². The van der Waals surface area contributed by atoms with Crippen molar-refractivity contribution in [2.45, 2.75) is 19.2 Å². The number of carbonyl (C=O) groups is 1. The van der Waals surface area contributed by atoms with Crippen LogP contribution in [0, 0.1) is 5.82 Å². The number of esters is 1. The minimum Gasteiger partial charge on any atom is -0.461 e. The minimum absolute atomic E-state index is 0.0186. The lowest BCUT2D eigenvalue weighted by Crippen LogP contribution is -2.30. The van der Waals surface area contributed by atoms with Gasteiger partial charge >= 0.3 is 5.97 Å². The topological polar surface area (TPSA) is 58.2 Å². The summed E-state index contributed by atoms with van der Waals surface area (Å²) in [6.07, 6.45) is 3.22. The average Bonchev–Trinajstić information content (AvgIpc) is 3.15. The summed E-state index contributed by atoms with van der Waals surface area (Å²) in [7, 11) is 0. The normalized spacial score (nSPS) is 17.7. The fourth-order valence-electron chi connectivity index (χ4n) is 2.46. The number of imidazole rings is 1. The van der Waals surface area contributed by atoms with Crippen LogP contribution in [0.1, 0.15) is 19.4 Å². The Bertz CT molecular complexity index is 728. The molecule has 3 rings (SSSR count). The van der Waals surface area contributed by atoms with Gasteiger partial charge in [-0.1, -0.05) is 23.9 Å². The molecule has 0 saturated heterocycles. The first-order chi connectivity index (χ1) is 11.1. The van der Waals surface area contributed by atoms with Crippen LogP contribution in [0.2, 0.25) is 0 Å². The highest BCUT2D eigenvalue weighted by Gasteiger charge is 2.37. The molecule has 1 aliphatic rings. The summed E-state index contributed by atoms with van der Waals surface area (Å²) in [5.74, 6) is -0.00283. The van der Waals surface area contributed by atoms with Crippen LogP contribution < -0.4 is 4.90 Å². The molecule has 5 nitrogen and oxygen atoms in total. The summed E-state index contributed by atoms with van der Waals surface area (Å²) in [4.78, 5) is 22.2. The van der Waals surface area contributed by atoms with Crippen LogP contribution in [0.3, 0.4) is 0 Å². The quantitative estimate of drug-likeness (QED) is 0.869. The van der Waals surface area contributed by atoms with Crippen molar-refractivity contribution >= 4 is 28.5 Å². The standard InChI is InChI=1S/C16H16FN3O2S/c1-3-22-16(21)14-15(11-4-6-12(17)7-5-11)23-10(2)20(14)13-8-18-9-19-13/h4-10H,3H2,1-2H3,(H,18,19). The number of rotatable bonds is 4. The van der Waals surface area contributed by atoms with Gasteiger partial charge in [0, 0.05) is 4.91 Å². The molecule has 1 atom stereocenters. The van der Waals surface area contributed by atoms with Crippen LogP contribution in [0.5, 0.6) is 0 Å². The van der Waals surface area contributed by atoms with Gasteiger partial charge in [-0.25, -0.2) is 14.2 Å². The van der Waals surface area contributed by atoms with E-state index in [1.807, 2.05) is 11.8 Å². The van der Waals surface area contributed by atoms with Crippen molar-refractivity contribution in [3.63, 3.8) is 0 Å². The fraction of sp³-hybridized carbons (Fsp3) is 0.250. The van der Waals surface area contributed by atoms with Gasteiger partial charge in [0.2, 0.25) is 0 Å². The highest BCUT2D eigenvalue weighted by atomic mass is 32.2. The van der Waals surface area contributed by atoms with Gasteiger partial charge in [0.05, 0.1) is 24.5 Å². The average molecular weight is 333 g/mol. The number of halogens is 1. The lowest BCUT2D eigenvalue weighted by atomic mass is 10.1. The van der Waals surface area contributed by atoms with Crippen LogP contribution in [0.4, 0.5) is 10.2 Å². The highest BCUT2D eigenvalue weighted by Crippen LogP contribution is 2.46. The van der Waals surface area contributed by atoms with Crippen molar-refractivity contribution in [3.05, 3.63) is 53.9 Å². The zero-order valence-corrected chi connectivity index (χ0v) is 13.6. The summed E-state index contributed by atoms with van der Waals surface area (Å²) in [5, 5.41) is -0.0186. The van der Waals surface area contributed by atoms with E-state index in [0.717, 1.165) is 10.5 Å². The molecular weight excluding hydrogens is 317 g/mol. The maximum atomic E-state index is 13.2. The predicted octanol–water partition coefficient (Wildman–Crippen LogP) is 3.38.